The fraction of sp³-hybridized carbons (Fsp3) is 0.364. The Morgan fingerprint density at radius 3 is 2.69 bits per heavy atom. The number of ether oxygens (including phenoxy) is 1. The van der Waals surface area contributed by atoms with Crippen LogP contribution < -0.4 is 0 Å². The first-order valence-corrected chi connectivity index (χ1v) is 4.38. The van der Waals surface area contributed by atoms with Gasteiger partial charge in [0.05, 0.1) is 0 Å². The van der Waals surface area contributed by atoms with Gasteiger partial charge in [-0.05, 0) is 17.0 Å². The molecule has 0 radical (unpaired) electrons. The number of carbonyl (C=O) groups is 1. The van der Waals surface area contributed by atoms with Crippen molar-refractivity contribution in [3.05, 3.63) is 35.4 Å². The molecule has 2 heteroatoms. The zero-order valence-electron chi connectivity index (χ0n) is 7.99. The van der Waals surface area contributed by atoms with Gasteiger partial charge in [0.2, 0.25) is 0 Å². The Bertz CT molecular complexity index is 279. The SMILES string of the molecule is CC(C)c1ccccc1COC=O. The van der Waals surface area contributed by atoms with Crippen LogP contribution in [0.25, 0.3) is 0 Å². The Labute approximate surface area is 78.5 Å². The molecule has 0 heterocycles. The maximum Gasteiger partial charge on any atom is 0.293 e. The van der Waals surface area contributed by atoms with Gasteiger partial charge in [0, 0.05) is 0 Å². The number of benzene rings is 1. The average Bonchev–Trinajstić information content (AvgIpc) is 2.15. The van der Waals surface area contributed by atoms with Crippen LogP contribution in [0.4, 0.5) is 0 Å². The average molecular weight is 178 g/mol. The van der Waals surface area contributed by atoms with Gasteiger partial charge >= 0.3 is 0 Å². The molecule has 1 aromatic carbocycles. The zero-order valence-corrected chi connectivity index (χ0v) is 7.99. The summed E-state index contributed by atoms with van der Waals surface area (Å²) in [5.41, 5.74) is 2.33. The number of hydrogen-bond acceptors (Lipinski definition) is 2. The van der Waals surface area contributed by atoms with Crippen LogP contribution >= 0.6 is 0 Å². The maximum absolute atomic E-state index is 10.0. The molecular weight excluding hydrogens is 164 g/mol. The summed E-state index contributed by atoms with van der Waals surface area (Å²) in [4.78, 5) is 10.0. The van der Waals surface area contributed by atoms with Gasteiger partial charge in [-0.3, -0.25) is 4.79 Å². The van der Waals surface area contributed by atoms with E-state index in [1.165, 1.54) is 5.56 Å². The van der Waals surface area contributed by atoms with Crippen LogP contribution in [0.3, 0.4) is 0 Å². The quantitative estimate of drug-likeness (QED) is 0.662. The second-order valence-corrected chi connectivity index (χ2v) is 3.26. The van der Waals surface area contributed by atoms with Crippen molar-refractivity contribution >= 4 is 6.47 Å². The van der Waals surface area contributed by atoms with Crippen molar-refractivity contribution in [1.29, 1.82) is 0 Å². The normalized spacial score (nSPS) is 10.1. The second kappa shape index (κ2) is 4.65. The molecule has 0 amide bonds. The number of hydrogen-bond donors (Lipinski definition) is 0. The van der Waals surface area contributed by atoms with Crippen LogP contribution in [0.2, 0.25) is 0 Å². The number of rotatable bonds is 4. The molecule has 0 unspecified atom stereocenters. The molecule has 70 valence electrons. The lowest BCUT2D eigenvalue weighted by Crippen LogP contribution is -1.98. The molecule has 1 aromatic rings. The van der Waals surface area contributed by atoms with Gasteiger partial charge in [0.1, 0.15) is 6.61 Å². The Hall–Kier alpha value is -1.31. The molecule has 0 N–H and O–H groups in total. The molecular formula is C11H14O2. The third-order valence-electron chi connectivity index (χ3n) is 1.98. The third kappa shape index (κ3) is 2.58. The topological polar surface area (TPSA) is 26.3 Å². The fourth-order valence-electron chi connectivity index (χ4n) is 1.35. The van der Waals surface area contributed by atoms with E-state index in [2.05, 4.69) is 19.9 Å². The van der Waals surface area contributed by atoms with Crippen molar-refractivity contribution in [2.45, 2.75) is 26.4 Å². The van der Waals surface area contributed by atoms with Crippen LogP contribution in [0, 0.1) is 0 Å². The lowest BCUT2D eigenvalue weighted by molar-refractivity contribution is -0.129. The molecule has 0 fully saturated rings. The van der Waals surface area contributed by atoms with Gasteiger partial charge in [-0.25, -0.2) is 0 Å². The summed E-state index contributed by atoms with van der Waals surface area (Å²) in [6.45, 7) is 5.11. The highest BCUT2D eigenvalue weighted by atomic mass is 16.5. The van der Waals surface area contributed by atoms with Gasteiger partial charge < -0.3 is 4.74 Å². The van der Waals surface area contributed by atoms with Crippen molar-refractivity contribution in [2.75, 3.05) is 0 Å². The third-order valence-corrected chi connectivity index (χ3v) is 1.98. The van der Waals surface area contributed by atoms with E-state index in [0.717, 1.165) is 5.56 Å². The van der Waals surface area contributed by atoms with Crippen molar-refractivity contribution < 1.29 is 9.53 Å². The minimum Gasteiger partial charge on any atom is -0.463 e. The highest BCUT2D eigenvalue weighted by molar-refractivity contribution is 5.38. The Morgan fingerprint density at radius 2 is 2.08 bits per heavy atom. The van der Waals surface area contributed by atoms with Crippen molar-refractivity contribution in [1.82, 2.24) is 0 Å². The van der Waals surface area contributed by atoms with Gasteiger partial charge in [0.25, 0.3) is 6.47 Å². The monoisotopic (exact) mass is 178 g/mol. The van der Waals surface area contributed by atoms with E-state index in [1.807, 2.05) is 18.2 Å². The molecule has 0 spiro atoms. The van der Waals surface area contributed by atoms with E-state index in [1.54, 1.807) is 0 Å². The minimum atomic E-state index is 0.373. The predicted molar refractivity (Wildman–Crippen MR) is 51.4 cm³/mol. The van der Waals surface area contributed by atoms with Crippen LogP contribution in [0.1, 0.15) is 30.9 Å². The zero-order chi connectivity index (χ0) is 9.68. The fourth-order valence-corrected chi connectivity index (χ4v) is 1.35. The van der Waals surface area contributed by atoms with Gasteiger partial charge in [-0.15, -0.1) is 0 Å². The summed E-state index contributed by atoms with van der Waals surface area (Å²) in [7, 11) is 0. The molecule has 13 heavy (non-hydrogen) atoms. The van der Waals surface area contributed by atoms with E-state index in [9.17, 15) is 4.79 Å². The molecule has 0 aliphatic heterocycles. The summed E-state index contributed by atoms with van der Waals surface area (Å²) in [5.74, 6) is 0.464. The van der Waals surface area contributed by atoms with Gasteiger partial charge in [-0.2, -0.15) is 0 Å². The summed E-state index contributed by atoms with van der Waals surface area (Å²) in [6, 6.07) is 8.00. The van der Waals surface area contributed by atoms with Gasteiger partial charge in [-0.1, -0.05) is 38.1 Å². The van der Waals surface area contributed by atoms with Crippen molar-refractivity contribution in [2.24, 2.45) is 0 Å². The van der Waals surface area contributed by atoms with Crippen LogP contribution in [0.15, 0.2) is 24.3 Å². The molecule has 0 saturated heterocycles. The standard InChI is InChI=1S/C11H14O2/c1-9(2)11-6-4-3-5-10(11)7-13-8-12/h3-6,8-9H,7H2,1-2H3. The molecule has 0 saturated carbocycles. The van der Waals surface area contributed by atoms with E-state index in [0.29, 0.717) is 19.0 Å². The highest BCUT2D eigenvalue weighted by Crippen LogP contribution is 2.19. The molecule has 0 aliphatic rings. The molecule has 2 nitrogen and oxygen atoms in total. The van der Waals surface area contributed by atoms with E-state index in [4.69, 9.17) is 4.74 Å². The Balaban J connectivity index is 2.84. The maximum atomic E-state index is 10.0. The first-order valence-electron chi connectivity index (χ1n) is 4.38. The smallest absolute Gasteiger partial charge is 0.293 e. The van der Waals surface area contributed by atoms with E-state index < -0.39 is 0 Å². The lowest BCUT2D eigenvalue weighted by Gasteiger charge is -2.10. The predicted octanol–water partition coefficient (Wildman–Crippen LogP) is 2.48. The highest BCUT2D eigenvalue weighted by Gasteiger charge is 2.04. The van der Waals surface area contributed by atoms with Crippen LogP contribution in [-0.4, -0.2) is 6.47 Å². The molecule has 0 atom stereocenters. The summed E-state index contributed by atoms with van der Waals surface area (Å²) >= 11 is 0. The second-order valence-electron chi connectivity index (χ2n) is 3.26. The summed E-state index contributed by atoms with van der Waals surface area (Å²) in [6.07, 6.45) is 0. The number of carbonyl (C=O) groups excluding carboxylic acids is 1. The summed E-state index contributed by atoms with van der Waals surface area (Å²) in [5, 5.41) is 0. The van der Waals surface area contributed by atoms with Crippen LogP contribution in [0.5, 0.6) is 0 Å². The lowest BCUT2D eigenvalue weighted by atomic mass is 9.98. The minimum absolute atomic E-state index is 0.373. The van der Waals surface area contributed by atoms with E-state index >= 15 is 0 Å². The Kier molecular flexibility index (Phi) is 3.50. The molecule has 1 rings (SSSR count). The molecule has 0 bridgehead atoms. The van der Waals surface area contributed by atoms with Crippen molar-refractivity contribution in [3.8, 4) is 0 Å². The largest absolute Gasteiger partial charge is 0.463 e. The van der Waals surface area contributed by atoms with E-state index in [-0.39, 0.29) is 0 Å². The first-order chi connectivity index (χ1) is 6.25. The molecule has 0 aromatic heterocycles. The first kappa shape index (κ1) is 9.78. The van der Waals surface area contributed by atoms with Gasteiger partial charge in [0.15, 0.2) is 0 Å². The Morgan fingerprint density at radius 1 is 1.38 bits per heavy atom. The van der Waals surface area contributed by atoms with Crippen molar-refractivity contribution in [3.63, 3.8) is 0 Å². The van der Waals surface area contributed by atoms with Crippen LogP contribution in [-0.2, 0) is 16.1 Å². The molecule has 0 aliphatic carbocycles. The summed E-state index contributed by atoms with van der Waals surface area (Å²) < 4.78 is 4.73.